The molecule has 1 atom stereocenters. The number of hydrogen-bond donors (Lipinski definition) is 1. The summed E-state index contributed by atoms with van der Waals surface area (Å²) in [5, 5.41) is 2.34. The van der Waals surface area contributed by atoms with Gasteiger partial charge in [0.15, 0.2) is 6.10 Å². The number of anilines is 1. The van der Waals surface area contributed by atoms with E-state index in [0.29, 0.717) is 0 Å². The molecule has 0 saturated heterocycles. The summed E-state index contributed by atoms with van der Waals surface area (Å²) in [5.74, 6) is -2.19. The fraction of sp³-hybridized carbons (Fsp3) is 0.333. The second-order valence-electron chi connectivity index (χ2n) is 6.47. The maximum absolute atomic E-state index is 13.7. The van der Waals surface area contributed by atoms with Crippen molar-refractivity contribution in [2.24, 2.45) is 0 Å². The zero-order valence-electron chi connectivity index (χ0n) is 17.7. The molecule has 0 heterocycles. The standard InChI is InChI=1S/C21H25FN2O6S/c1-5-24(6-2)31(27,28)19-13-15(11-12-18(19)29-4)21(26)30-14(3)20(25)23-17-10-8-7-9-16(17)22/h7-14H,5-6H2,1-4H3,(H,23,25). The molecule has 2 aromatic carbocycles. The Morgan fingerprint density at radius 3 is 2.35 bits per heavy atom. The highest BCUT2D eigenvalue weighted by Crippen LogP contribution is 2.28. The Morgan fingerprint density at radius 1 is 1.13 bits per heavy atom. The lowest BCUT2D eigenvalue weighted by molar-refractivity contribution is -0.123. The molecular weight excluding hydrogens is 427 g/mol. The number of benzene rings is 2. The molecule has 10 heteroatoms. The summed E-state index contributed by atoms with van der Waals surface area (Å²) in [4.78, 5) is 24.6. The predicted molar refractivity (Wildman–Crippen MR) is 113 cm³/mol. The van der Waals surface area contributed by atoms with Gasteiger partial charge in [0.05, 0.1) is 18.4 Å². The van der Waals surface area contributed by atoms with Crippen LogP contribution in [0.5, 0.6) is 5.75 Å². The van der Waals surface area contributed by atoms with Gasteiger partial charge in [-0.3, -0.25) is 4.79 Å². The zero-order valence-corrected chi connectivity index (χ0v) is 18.5. The van der Waals surface area contributed by atoms with E-state index in [-0.39, 0.29) is 35.0 Å². The third-order valence-corrected chi connectivity index (χ3v) is 6.58. The van der Waals surface area contributed by atoms with E-state index >= 15 is 0 Å². The molecule has 31 heavy (non-hydrogen) atoms. The van der Waals surface area contributed by atoms with Crippen LogP contribution in [0.2, 0.25) is 0 Å². The third kappa shape index (κ3) is 5.59. The molecule has 1 unspecified atom stereocenters. The number of amides is 1. The van der Waals surface area contributed by atoms with E-state index in [1.54, 1.807) is 19.9 Å². The first-order chi connectivity index (χ1) is 14.6. The van der Waals surface area contributed by atoms with Gasteiger partial charge >= 0.3 is 5.97 Å². The minimum Gasteiger partial charge on any atom is -0.495 e. The van der Waals surface area contributed by atoms with Gasteiger partial charge in [0.2, 0.25) is 10.0 Å². The van der Waals surface area contributed by atoms with Crippen molar-refractivity contribution in [3.63, 3.8) is 0 Å². The lowest BCUT2D eigenvalue weighted by atomic mass is 10.2. The first-order valence-electron chi connectivity index (χ1n) is 9.60. The highest BCUT2D eigenvalue weighted by Gasteiger charge is 2.28. The molecule has 0 spiro atoms. The summed E-state index contributed by atoms with van der Waals surface area (Å²) in [6.45, 7) is 5.20. The molecule has 8 nitrogen and oxygen atoms in total. The van der Waals surface area contributed by atoms with Gasteiger partial charge in [0.25, 0.3) is 5.91 Å². The molecule has 0 aliphatic carbocycles. The van der Waals surface area contributed by atoms with Gasteiger partial charge in [-0.05, 0) is 37.3 Å². The lowest BCUT2D eigenvalue weighted by Crippen LogP contribution is -2.31. The number of carbonyl (C=O) groups is 2. The quantitative estimate of drug-likeness (QED) is 0.587. The first-order valence-corrected chi connectivity index (χ1v) is 11.0. The summed E-state index contributed by atoms with van der Waals surface area (Å²) < 4.78 is 51.0. The van der Waals surface area contributed by atoms with Crippen LogP contribution in [0, 0.1) is 5.82 Å². The molecule has 1 N–H and O–H groups in total. The Hall–Kier alpha value is -2.98. The van der Waals surface area contributed by atoms with E-state index in [4.69, 9.17) is 9.47 Å². The van der Waals surface area contributed by atoms with Gasteiger partial charge in [0, 0.05) is 13.1 Å². The molecular formula is C21H25FN2O6S. The predicted octanol–water partition coefficient (Wildman–Crippen LogP) is 3.05. The molecule has 0 aromatic heterocycles. The second kappa shape index (κ2) is 10.4. The van der Waals surface area contributed by atoms with Crippen molar-refractivity contribution in [2.45, 2.75) is 31.8 Å². The van der Waals surface area contributed by atoms with Crippen LogP contribution in [0.15, 0.2) is 47.4 Å². The van der Waals surface area contributed by atoms with Crippen LogP contribution in [0.25, 0.3) is 0 Å². The van der Waals surface area contributed by atoms with Gasteiger partial charge in [-0.2, -0.15) is 4.31 Å². The molecule has 2 rings (SSSR count). The highest BCUT2D eigenvalue weighted by atomic mass is 32.2. The van der Waals surface area contributed by atoms with E-state index in [1.165, 1.54) is 48.7 Å². The van der Waals surface area contributed by atoms with Gasteiger partial charge in [-0.25, -0.2) is 17.6 Å². The van der Waals surface area contributed by atoms with E-state index < -0.39 is 33.8 Å². The van der Waals surface area contributed by atoms with Crippen LogP contribution >= 0.6 is 0 Å². The van der Waals surface area contributed by atoms with Crippen LogP contribution < -0.4 is 10.1 Å². The molecule has 0 saturated carbocycles. The molecule has 2 aromatic rings. The number of sulfonamides is 1. The highest BCUT2D eigenvalue weighted by molar-refractivity contribution is 7.89. The number of ether oxygens (including phenoxy) is 2. The number of rotatable bonds is 9. The molecule has 0 bridgehead atoms. The Morgan fingerprint density at radius 2 is 1.77 bits per heavy atom. The number of halogens is 1. The average Bonchev–Trinajstić information content (AvgIpc) is 2.75. The normalized spacial score (nSPS) is 12.3. The Kier molecular flexibility index (Phi) is 8.12. The number of nitrogens with one attached hydrogen (secondary N) is 1. The lowest BCUT2D eigenvalue weighted by Gasteiger charge is -2.20. The number of esters is 1. The summed E-state index contributed by atoms with van der Waals surface area (Å²) in [6.07, 6.45) is -1.25. The van der Waals surface area contributed by atoms with Crippen LogP contribution in [-0.2, 0) is 19.6 Å². The van der Waals surface area contributed by atoms with Gasteiger partial charge in [-0.15, -0.1) is 0 Å². The number of nitrogens with zero attached hydrogens (tertiary/aromatic N) is 1. The molecule has 0 aliphatic rings. The SMILES string of the molecule is CCN(CC)S(=O)(=O)c1cc(C(=O)OC(C)C(=O)Nc2ccccc2F)ccc1OC. The van der Waals surface area contributed by atoms with Crippen molar-refractivity contribution >= 4 is 27.6 Å². The molecule has 0 aliphatic heterocycles. The summed E-state index contributed by atoms with van der Waals surface area (Å²) in [5.41, 5.74) is -0.121. The summed E-state index contributed by atoms with van der Waals surface area (Å²) in [6, 6.07) is 9.40. The van der Waals surface area contributed by atoms with Crippen molar-refractivity contribution in [2.75, 3.05) is 25.5 Å². The van der Waals surface area contributed by atoms with E-state index in [0.717, 1.165) is 6.07 Å². The van der Waals surface area contributed by atoms with E-state index in [9.17, 15) is 22.4 Å². The average molecular weight is 453 g/mol. The minimum absolute atomic E-state index is 0.0487. The smallest absolute Gasteiger partial charge is 0.338 e. The summed E-state index contributed by atoms with van der Waals surface area (Å²) >= 11 is 0. The molecule has 1 amide bonds. The number of hydrogen-bond acceptors (Lipinski definition) is 6. The third-order valence-electron chi connectivity index (χ3n) is 4.51. The maximum atomic E-state index is 13.7. The van der Waals surface area contributed by atoms with Crippen molar-refractivity contribution in [1.82, 2.24) is 4.31 Å². The molecule has 0 radical (unpaired) electrons. The van der Waals surface area contributed by atoms with Crippen LogP contribution in [-0.4, -0.2) is 50.9 Å². The molecule has 0 fully saturated rings. The van der Waals surface area contributed by atoms with Gasteiger partial charge in [-0.1, -0.05) is 26.0 Å². The second-order valence-corrected chi connectivity index (χ2v) is 8.38. The van der Waals surface area contributed by atoms with Crippen LogP contribution in [0.3, 0.4) is 0 Å². The summed E-state index contributed by atoms with van der Waals surface area (Å²) in [7, 11) is -2.59. The minimum atomic E-state index is -3.91. The Labute approximate surface area is 181 Å². The zero-order chi connectivity index (χ0) is 23.2. The fourth-order valence-corrected chi connectivity index (χ4v) is 4.43. The van der Waals surface area contributed by atoms with Crippen LogP contribution in [0.4, 0.5) is 10.1 Å². The van der Waals surface area contributed by atoms with Crippen molar-refractivity contribution < 1.29 is 31.9 Å². The number of para-hydroxylation sites is 1. The Balaban J connectivity index is 2.23. The number of carbonyl (C=O) groups excluding carboxylic acids is 2. The Bertz CT molecular complexity index is 1050. The van der Waals surface area contributed by atoms with Crippen molar-refractivity contribution in [3.05, 3.63) is 53.8 Å². The first kappa shape index (κ1) is 24.3. The topological polar surface area (TPSA) is 102 Å². The van der Waals surface area contributed by atoms with E-state index in [2.05, 4.69) is 5.32 Å². The largest absolute Gasteiger partial charge is 0.495 e. The van der Waals surface area contributed by atoms with Crippen molar-refractivity contribution in [3.8, 4) is 5.75 Å². The van der Waals surface area contributed by atoms with E-state index in [1.807, 2.05) is 0 Å². The maximum Gasteiger partial charge on any atom is 0.338 e. The van der Waals surface area contributed by atoms with Crippen molar-refractivity contribution in [1.29, 1.82) is 0 Å². The van der Waals surface area contributed by atoms with Crippen LogP contribution in [0.1, 0.15) is 31.1 Å². The number of methoxy groups -OCH3 is 1. The molecule has 168 valence electrons. The van der Waals surface area contributed by atoms with Gasteiger partial charge in [0.1, 0.15) is 16.5 Å². The fourth-order valence-electron chi connectivity index (χ4n) is 2.79. The monoisotopic (exact) mass is 452 g/mol. The van der Waals surface area contributed by atoms with Gasteiger partial charge < -0.3 is 14.8 Å².